The fraction of sp³-hybridized carbons (Fsp3) is 0.440. The standard InChI is InChI=1S/C25H31BrN2O4/c1-17(2)16-27-24(30)25(15-19-5-9-21(26)10-6-19)18(3)32-23(28-25)20-7-11-22(12-8-20)31-14-4-13-29/h5-12,17-18,29H,4,13-16H2,1-3H3,(H,27,30)/t18-,25-/m1/s1. The van der Waals surface area contributed by atoms with Crippen LogP contribution in [-0.4, -0.2) is 48.3 Å². The lowest BCUT2D eigenvalue weighted by Gasteiger charge is -2.28. The summed E-state index contributed by atoms with van der Waals surface area (Å²) in [7, 11) is 0. The third-order valence-corrected chi connectivity index (χ3v) is 5.91. The van der Waals surface area contributed by atoms with E-state index in [1.807, 2.05) is 55.5 Å². The van der Waals surface area contributed by atoms with E-state index < -0.39 is 11.6 Å². The van der Waals surface area contributed by atoms with Crippen LogP contribution in [0.5, 0.6) is 5.75 Å². The molecule has 0 spiro atoms. The molecule has 6 nitrogen and oxygen atoms in total. The van der Waals surface area contributed by atoms with Crippen molar-refractivity contribution in [2.24, 2.45) is 10.9 Å². The van der Waals surface area contributed by atoms with Crippen molar-refractivity contribution in [2.45, 2.75) is 45.3 Å². The molecule has 1 heterocycles. The number of aliphatic hydroxyl groups excluding tert-OH is 1. The molecule has 0 unspecified atom stereocenters. The summed E-state index contributed by atoms with van der Waals surface area (Å²) in [6, 6.07) is 15.4. The largest absolute Gasteiger partial charge is 0.494 e. The monoisotopic (exact) mass is 502 g/mol. The summed E-state index contributed by atoms with van der Waals surface area (Å²) >= 11 is 3.46. The minimum atomic E-state index is -1.05. The fourth-order valence-corrected chi connectivity index (χ4v) is 3.77. The van der Waals surface area contributed by atoms with E-state index in [4.69, 9.17) is 19.6 Å². The molecule has 1 aliphatic rings. The summed E-state index contributed by atoms with van der Waals surface area (Å²) < 4.78 is 12.7. The molecule has 3 rings (SSSR count). The van der Waals surface area contributed by atoms with Gasteiger partial charge in [0.2, 0.25) is 5.90 Å². The SMILES string of the molecule is CC(C)CNC(=O)[C@]1(Cc2ccc(Br)cc2)N=C(c2ccc(OCCCO)cc2)O[C@@H]1C. The number of rotatable bonds is 10. The number of nitrogens with zero attached hydrogens (tertiary/aromatic N) is 1. The van der Waals surface area contributed by atoms with Gasteiger partial charge in [-0.05, 0) is 54.8 Å². The first-order valence-corrected chi connectivity index (χ1v) is 11.8. The van der Waals surface area contributed by atoms with E-state index in [2.05, 4.69) is 35.1 Å². The Balaban J connectivity index is 1.88. The summed E-state index contributed by atoms with van der Waals surface area (Å²) in [6.07, 6.45) is 0.602. The van der Waals surface area contributed by atoms with Crippen molar-refractivity contribution in [3.05, 3.63) is 64.1 Å². The smallest absolute Gasteiger partial charge is 0.252 e. The molecule has 1 aliphatic heterocycles. The van der Waals surface area contributed by atoms with Crippen molar-refractivity contribution < 1.29 is 19.4 Å². The molecule has 0 aromatic heterocycles. The summed E-state index contributed by atoms with van der Waals surface area (Å²) in [5, 5.41) is 12.0. The minimum absolute atomic E-state index is 0.0972. The third-order valence-electron chi connectivity index (χ3n) is 5.39. The molecule has 2 aromatic rings. The Labute approximate surface area is 198 Å². The molecule has 1 amide bonds. The Hall–Kier alpha value is -2.38. The number of carbonyl (C=O) groups excluding carboxylic acids is 1. The zero-order valence-corrected chi connectivity index (χ0v) is 20.4. The Morgan fingerprint density at radius 2 is 1.91 bits per heavy atom. The average molecular weight is 503 g/mol. The average Bonchev–Trinajstić information content (AvgIpc) is 3.11. The molecular formula is C25H31BrN2O4. The molecule has 0 radical (unpaired) electrons. The molecule has 0 saturated carbocycles. The molecule has 2 N–H and O–H groups in total. The summed E-state index contributed by atoms with van der Waals surface area (Å²) in [6.45, 7) is 7.16. The maximum atomic E-state index is 13.4. The number of halogens is 1. The number of ether oxygens (including phenoxy) is 2. The van der Waals surface area contributed by atoms with Gasteiger partial charge in [0.25, 0.3) is 5.91 Å². The van der Waals surface area contributed by atoms with Gasteiger partial charge in [0, 0.05) is 36.0 Å². The van der Waals surface area contributed by atoms with Gasteiger partial charge in [0.05, 0.1) is 6.61 Å². The lowest BCUT2D eigenvalue weighted by Crippen LogP contribution is -2.53. The van der Waals surface area contributed by atoms with Crippen molar-refractivity contribution in [2.75, 3.05) is 19.8 Å². The molecule has 172 valence electrons. The van der Waals surface area contributed by atoms with E-state index in [0.717, 1.165) is 15.6 Å². The van der Waals surface area contributed by atoms with Crippen molar-refractivity contribution in [1.82, 2.24) is 5.32 Å². The number of hydrogen-bond donors (Lipinski definition) is 2. The second-order valence-electron chi connectivity index (χ2n) is 8.46. The Morgan fingerprint density at radius 3 is 2.53 bits per heavy atom. The second-order valence-corrected chi connectivity index (χ2v) is 9.37. The van der Waals surface area contributed by atoms with Crippen molar-refractivity contribution >= 4 is 27.7 Å². The summed E-state index contributed by atoms with van der Waals surface area (Å²) in [5.41, 5.74) is 0.760. The van der Waals surface area contributed by atoms with Crippen LogP contribution in [0.1, 0.15) is 38.3 Å². The lowest BCUT2D eigenvalue weighted by molar-refractivity contribution is -0.128. The second kappa shape index (κ2) is 11.0. The molecular weight excluding hydrogens is 472 g/mol. The van der Waals surface area contributed by atoms with Gasteiger partial charge < -0.3 is 19.9 Å². The molecule has 7 heteroatoms. The predicted octanol–water partition coefficient (Wildman–Crippen LogP) is 4.13. The number of aliphatic hydroxyl groups is 1. The van der Waals surface area contributed by atoms with Crippen LogP contribution < -0.4 is 10.1 Å². The van der Waals surface area contributed by atoms with Crippen LogP contribution in [0.4, 0.5) is 0 Å². The first-order chi connectivity index (χ1) is 15.3. The number of hydrogen-bond acceptors (Lipinski definition) is 5. The fourth-order valence-electron chi connectivity index (χ4n) is 3.51. The van der Waals surface area contributed by atoms with Crippen LogP contribution in [0.3, 0.4) is 0 Å². The number of aliphatic imine (C=N–C) groups is 1. The predicted molar refractivity (Wildman–Crippen MR) is 129 cm³/mol. The minimum Gasteiger partial charge on any atom is -0.494 e. The van der Waals surface area contributed by atoms with Gasteiger partial charge in [-0.2, -0.15) is 0 Å². The highest BCUT2D eigenvalue weighted by molar-refractivity contribution is 9.10. The number of benzene rings is 2. The zero-order chi connectivity index (χ0) is 23.1. The third kappa shape index (κ3) is 5.90. The topological polar surface area (TPSA) is 80.2 Å². The lowest BCUT2D eigenvalue weighted by atomic mass is 9.86. The number of amides is 1. The van der Waals surface area contributed by atoms with E-state index in [-0.39, 0.29) is 12.5 Å². The Kier molecular flexibility index (Phi) is 8.32. The van der Waals surface area contributed by atoms with Crippen LogP contribution in [0, 0.1) is 5.92 Å². The van der Waals surface area contributed by atoms with E-state index in [0.29, 0.717) is 43.6 Å². The molecule has 2 aromatic carbocycles. The van der Waals surface area contributed by atoms with Crippen molar-refractivity contribution in [3.63, 3.8) is 0 Å². The van der Waals surface area contributed by atoms with Crippen LogP contribution in [-0.2, 0) is 16.0 Å². The van der Waals surface area contributed by atoms with Gasteiger partial charge in [-0.1, -0.05) is 41.9 Å². The maximum absolute atomic E-state index is 13.4. The quantitative estimate of drug-likeness (QED) is 0.478. The molecule has 32 heavy (non-hydrogen) atoms. The van der Waals surface area contributed by atoms with Gasteiger partial charge in [0.15, 0.2) is 5.54 Å². The molecule has 2 atom stereocenters. The van der Waals surface area contributed by atoms with E-state index in [9.17, 15) is 4.79 Å². The Bertz CT molecular complexity index is 928. The van der Waals surface area contributed by atoms with E-state index in [1.54, 1.807) is 0 Å². The van der Waals surface area contributed by atoms with Crippen LogP contribution >= 0.6 is 15.9 Å². The number of nitrogens with one attached hydrogen (secondary N) is 1. The Morgan fingerprint density at radius 1 is 1.22 bits per heavy atom. The van der Waals surface area contributed by atoms with Gasteiger partial charge in [-0.15, -0.1) is 0 Å². The molecule has 0 bridgehead atoms. The highest BCUT2D eigenvalue weighted by atomic mass is 79.9. The number of carbonyl (C=O) groups is 1. The van der Waals surface area contributed by atoms with E-state index in [1.165, 1.54) is 0 Å². The maximum Gasteiger partial charge on any atom is 0.252 e. The van der Waals surface area contributed by atoms with Crippen LogP contribution in [0.15, 0.2) is 58.0 Å². The first kappa shape index (κ1) is 24.3. The van der Waals surface area contributed by atoms with Gasteiger partial charge in [-0.3, -0.25) is 4.79 Å². The zero-order valence-electron chi connectivity index (χ0n) is 18.8. The van der Waals surface area contributed by atoms with Gasteiger partial charge in [-0.25, -0.2) is 4.99 Å². The van der Waals surface area contributed by atoms with E-state index >= 15 is 0 Å². The molecule has 0 fully saturated rings. The van der Waals surface area contributed by atoms with Crippen molar-refractivity contribution in [1.29, 1.82) is 0 Å². The van der Waals surface area contributed by atoms with Crippen LogP contribution in [0.2, 0.25) is 0 Å². The van der Waals surface area contributed by atoms with Gasteiger partial charge in [0.1, 0.15) is 11.9 Å². The first-order valence-electron chi connectivity index (χ1n) is 11.0. The summed E-state index contributed by atoms with van der Waals surface area (Å²) in [4.78, 5) is 18.3. The molecule has 0 saturated heterocycles. The van der Waals surface area contributed by atoms with Gasteiger partial charge >= 0.3 is 0 Å². The highest BCUT2D eigenvalue weighted by Gasteiger charge is 2.50. The van der Waals surface area contributed by atoms with Crippen LogP contribution in [0.25, 0.3) is 0 Å². The normalized spacial score (nSPS) is 20.1. The highest BCUT2D eigenvalue weighted by Crippen LogP contribution is 2.33. The summed E-state index contributed by atoms with van der Waals surface area (Å²) in [5.74, 6) is 1.38. The molecule has 0 aliphatic carbocycles. The van der Waals surface area contributed by atoms with Crippen molar-refractivity contribution in [3.8, 4) is 5.75 Å².